The fraction of sp³-hybridized carbons (Fsp3) is 0.455. The highest BCUT2D eigenvalue weighted by Gasteiger charge is 2.32. The fourth-order valence-electron chi connectivity index (χ4n) is 4.59. The number of likely N-dealkylation sites (tertiary alicyclic amines) is 1. The molecular weight excluding hydrogens is 394 g/mol. The zero-order valence-electron chi connectivity index (χ0n) is 17.7. The van der Waals surface area contributed by atoms with Crippen molar-refractivity contribution < 1.29 is 9.90 Å². The average Bonchev–Trinajstić information content (AvgIpc) is 3.46. The van der Waals surface area contributed by atoms with Gasteiger partial charge in [0.1, 0.15) is 0 Å². The van der Waals surface area contributed by atoms with E-state index >= 15 is 0 Å². The Morgan fingerprint density at radius 2 is 2.10 bits per heavy atom. The molecule has 1 fully saturated rings. The predicted octanol–water partition coefficient (Wildman–Crippen LogP) is 1.95. The summed E-state index contributed by atoms with van der Waals surface area (Å²) in [6.07, 6.45) is 2.70. The van der Waals surface area contributed by atoms with Gasteiger partial charge in [-0.05, 0) is 24.5 Å². The van der Waals surface area contributed by atoms with E-state index in [-0.39, 0.29) is 18.0 Å². The number of nitrogens with zero attached hydrogens (tertiary/aromatic N) is 5. The molecule has 162 valence electrons. The average molecular weight is 422 g/mol. The minimum absolute atomic E-state index is 0.0867. The largest absolute Gasteiger partial charge is 0.390 e. The first-order chi connectivity index (χ1) is 15.0. The van der Waals surface area contributed by atoms with Crippen LogP contribution in [0.3, 0.4) is 0 Å². The third-order valence-corrected chi connectivity index (χ3v) is 6.27. The number of imidazole rings is 1. The third-order valence-electron chi connectivity index (χ3n) is 6.27. The van der Waals surface area contributed by atoms with Gasteiger partial charge in [0.2, 0.25) is 11.9 Å². The number of amides is 1. The van der Waals surface area contributed by atoms with E-state index in [1.807, 2.05) is 40.7 Å². The number of hydrogen-bond acceptors (Lipinski definition) is 7. The summed E-state index contributed by atoms with van der Waals surface area (Å²) in [6, 6.07) is 7.90. The van der Waals surface area contributed by atoms with Gasteiger partial charge in [-0.25, -0.2) is 4.98 Å². The normalized spacial score (nSPS) is 22.7. The molecule has 1 saturated heterocycles. The molecule has 1 aromatic carbocycles. The summed E-state index contributed by atoms with van der Waals surface area (Å²) in [5, 5.41) is 17.5. The first-order valence-electron chi connectivity index (χ1n) is 10.8. The molecule has 9 heteroatoms. The van der Waals surface area contributed by atoms with Crippen molar-refractivity contribution in [1.82, 2.24) is 24.4 Å². The van der Waals surface area contributed by atoms with Crippen molar-refractivity contribution in [1.29, 1.82) is 0 Å². The van der Waals surface area contributed by atoms with Crippen LogP contribution in [0.15, 0.2) is 30.6 Å². The maximum absolute atomic E-state index is 11.7. The highest BCUT2D eigenvalue weighted by Crippen LogP contribution is 2.34. The van der Waals surface area contributed by atoms with E-state index in [0.29, 0.717) is 30.2 Å². The van der Waals surface area contributed by atoms with Crippen molar-refractivity contribution in [3.8, 4) is 0 Å². The maximum Gasteiger partial charge on any atom is 0.227 e. The van der Waals surface area contributed by atoms with Gasteiger partial charge < -0.3 is 25.2 Å². The van der Waals surface area contributed by atoms with Gasteiger partial charge in [0.05, 0.1) is 18.5 Å². The lowest BCUT2D eigenvalue weighted by molar-refractivity contribution is -0.127. The van der Waals surface area contributed by atoms with Crippen LogP contribution in [-0.4, -0.2) is 60.7 Å². The quantitative estimate of drug-likeness (QED) is 0.578. The molecule has 0 saturated carbocycles. The summed E-state index contributed by atoms with van der Waals surface area (Å²) < 4.78 is 1.98. The molecule has 9 nitrogen and oxygen atoms in total. The van der Waals surface area contributed by atoms with Crippen LogP contribution in [-0.2, 0) is 17.8 Å². The Bertz CT molecular complexity index is 1130. The molecule has 0 spiro atoms. The molecule has 3 heterocycles. The molecule has 3 atom stereocenters. The Balaban J connectivity index is 1.47. The summed E-state index contributed by atoms with van der Waals surface area (Å²) in [5.74, 6) is 1.19. The smallest absolute Gasteiger partial charge is 0.227 e. The second kappa shape index (κ2) is 7.81. The van der Waals surface area contributed by atoms with Gasteiger partial charge in [-0.3, -0.25) is 4.79 Å². The van der Waals surface area contributed by atoms with E-state index in [0.717, 1.165) is 36.3 Å². The molecule has 3 aromatic rings. The van der Waals surface area contributed by atoms with Crippen molar-refractivity contribution in [2.75, 3.05) is 23.7 Å². The van der Waals surface area contributed by atoms with Crippen LogP contribution in [0, 0.1) is 0 Å². The number of aryl methyl sites for hydroxylation is 1. The van der Waals surface area contributed by atoms with E-state index in [1.54, 1.807) is 13.3 Å². The van der Waals surface area contributed by atoms with Crippen molar-refractivity contribution >= 4 is 28.8 Å². The Kier molecular flexibility index (Phi) is 4.97. The molecule has 5 rings (SSSR count). The van der Waals surface area contributed by atoms with Crippen LogP contribution in [0.4, 0.5) is 11.8 Å². The Morgan fingerprint density at radius 1 is 1.26 bits per heavy atom. The number of nitrogens with one attached hydrogen (secondary N) is 2. The topological polar surface area (TPSA) is 108 Å². The summed E-state index contributed by atoms with van der Waals surface area (Å²) in [4.78, 5) is 27.5. The fourth-order valence-corrected chi connectivity index (χ4v) is 4.59. The third kappa shape index (κ3) is 3.59. The van der Waals surface area contributed by atoms with Gasteiger partial charge in [-0.15, -0.1) is 0 Å². The molecule has 1 aliphatic heterocycles. The van der Waals surface area contributed by atoms with Crippen molar-refractivity contribution in [2.45, 2.75) is 51.4 Å². The number of aromatic nitrogens is 4. The van der Waals surface area contributed by atoms with Crippen molar-refractivity contribution in [3.05, 3.63) is 41.7 Å². The van der Waals surface area contributed by atoms with Crippen LogP contribution in [0.25, 0.3) is 11.2 Å². The predicted molar refractivity (Wildman–Crippen MR) is 118 cm³/mol. The van der Waals surface area contributed by atoms with Crippen LogP contribution in [0.1, 0.15) is 37.4 Å². The number of hydrogen-bond donors (Lipinski definition) is 3. The Labute approximate surface area is 180 Å². The van der Waals surface area contributed by atoms with Crippen LogP contribution >= 0.6 is 0 Å². The molecular formula is C22H27N7O2. The van der Waals surface area contributed by atoms with E-state index < -0.39 is 6.10 Å². The number of anilines is 2. The maximum atomic E-state index is 11.7. The monoisotopic (exact) mass is 421 g/mol. The van der Waals surface area contributed by atoms with Crippen molar-refractivity contribution in [3.63, 3.8) is 0 Å². The number of aliphatic hydroxyl groups is 1. The molecule has 0 radical (unpaired) electrons. The van der Waals surface area contributed by atoms with E-state index in [9.17, 15) is 9.90 Å². The number of benzene rings is 1. The minimum atomic E-state index is -0.539. The van der Waals surface area contributed by atoms with Gasteiger partial charge in [0.25, 0.3) is 0 Å². The van der Waals surface area contributed by atoms with Gasteiger partial charge in [-0.1, -0.05) is 24.3 Å². The summed E-state index contributed by atoms with van der Waals surface area (Å²) in [5.41, 5.74) is 3.66. The molecule has 3 N–H and O–H groups in total. The first-order valence-corrected chi connectivity index (χ1v) is 10.8. The Morgan fingerprint density at radius 3 is 2.87 bits per heavy atom. The van der Waals surface area contributed by atoms with Gasteiger partial charge in [0, 0.05) is 39.0 Å². The van der Waals surface area contributed by atoms with Gasteiger partial charge >= 0.3 is 0 Å². The molecule has 0 unspecified atom stereocenters. The lowest BCUT2D eigenvalue weighted by atomic mass is 10.1. The number of fused-ring (bicyclic) bond motifs is 2. The molecule has 0 bridgehead atoms. The molecule has 2 aliphatic rings. The number of carbonyl (C=O) groups excluding carboxylic acids is 1. The second-order valence-electron chi connectivity index (χ2n) is 8.29. The standard InChI is InChI=1S/C22H27N7O2/c1-3-28-12-23-19-20(24-15-8-9-29(11-15)13(2)30)26-22(27-21(19)28)25-18-16-7-5-4-6-14(16)10-17(18)31/h4-7,12,15,17-18,31H,3,8-11H2,1-2H3,(H2,24,25,26,27)/t15-,17-,18+/m0/s1. The lowest BCUT2D eigenvalue weighted by Crippen LogP contribution is -2.30. The number of rotatable bonds is 5. The minimum Gasteiger partial charge on any atom is -0.390 e. The summed E-state index contributed by atoms with van der Waals surface area (Å²) >= 11 is 0. The second-order valence-corrected chi connectivity index (χ2v) is 8.29. The molecule has 1 amide bonds. The molecule has 1 aliphatic carbocycles. The summed E-state index contributed by atoms with van der Waals surface area (Å²) in [6.45, 7) is 5.76. The first kappa shape index (κ1) is 19.7. The molecule has 2 aromatic heterocycles. The highest BCUT2D eigenvalue weighted by atomic mass is 16.3. The SMILES string of the molecule is CCn1cnc2c(N[C@H]3CCN(C(C)=O)C3)nc(N[C@@H]3c4ccccc4C[C@@H]3O)nc21. The lowest BCUT2D eigenvalue weighted by Gasteiger charge is -2.20. The van der Waals surface area contributed by atoms with E-state index in [4.69, 9.17) is 9.97 Å². The van der Waals surface area contributed by atoms with Crippen LogP contribution < -0.4 is 10.6 Å². The van der Waals surface area contributed by atoms with Crippen LogP contribution in [0.5, 0.6) is 0 Å². The summed E-state index contributed by atoms with van der Waals surface area (Å²) in [7, 11) is 0. The highest BCUT2D eigenvalue weighted by molar-refractivity contribution is 5.84. The number of carbonyl (C=O) groups is 1. The Hall–Kier alpha value is -3.20. The zero-order valence-corrected chi connectivity index (χ0v) is 17.7. The molecule has 31 heavy (non-hydrogen) atoms. The van der Waals surface area contributed by atoms with Crippen molar-refractivity contribution in [2.24, 2.45) is 0 Å². The van der Waals surface area contributed by atoms with E-state index in [1.165, 1.54) is 0 Å². The van der Waals surface area contributed by atoms with Gasteiger partial charge in [-0.2, -0.15) is 9.97 Å². The van der Waals surface area contributed by atoms with Crippen LogP contribution in [0.2, 0.25) is 0 Å². The zero-order chi connectivity index (χ0) is 21.5. The number of aliphatic hydroxyl groups excluding tert-OH is 1. The van der Waals surface area contributed by atoms with Gasteiger partial charge in [0.15, 0.2) is 17.0 Å². The van der Waals surface area contributed by atoms with E-state index in [2.05, 4.69) is 15.6 Å².